The highest BCUT2D eigenvalue weighted by molar-refractivity contribution is 6.30. The van der Waals surface area contributed by atoms with Crippen LogP contribution in [0.4, 0.5) is 5.82 Å². The van der Waals surface area contributed by atoms with E-state index in [2.05, 4.69) is 15.3 Å². The van der Waals surface area contributed by atoms with Crippen molar-refractivity contribution in [3.8, 4) is 11.3 Å². The molecule has 1 N–H and O–H groups in total. The van der Waals surface area contributed by atoms with E-state index in [1.807, 2.05) is 31.2 Å². The molecule has 2 aromatic heterocycles. The molecular formula is C18H16ClN3O2. The zero-order valence-corrected chi connectivity index (χ0v) is 13.9. The fraction of sp³-hybridized carbons (Fsp3) is 0.167. The van der Waals surface area contributed by atoms with Gasteiger partial charge in [-0.2, -0.15) is 0 Å². The Morgan fingerprint density at radius 2 is 1.92 bits per heavy atom. The average molecular weight is 342 g/mol. The number of benzene rings is 1. The number of aryl methyl sites for hydroxylation is 2. The molecule has 0 bridgehead atoms. The quantitative estimate of drug-likeness (QED) is 0.752. The zero-order chi connectivity index (χ0) is 16.9. The van der Waals surface area contributed by atoms with Crippen molar-refractivity contribution in [2.24, 2.45) is 0 Å². The lowest BCUT2D eigenvalue weighted by Crippen LogP contribution is -2.13. The van der Waals surface area contributed by atoms with E-state index < -0.39 is 0 Å². The fourth-order valence-electron chi connectivity index (χ4n) is 2.15. The van der Waals surface area contributed by atoms with Gasteiger partial charge >= 0.3 is 0 Å². The van der Waals surface area contributed by atoms with Gasteiger partial charge in [-0.3, -0.25) is 4.79 Å². The van der Waals surface area contributed by atoms with Gasteiger partial charge in [0, 0.05) is 24.6 Å². The predicted molar refractivity (Wildman–Crippen MR) is 92.9 cm³/mol. The lowest BCUT2D eigenvalue weighted by Gasteiger charge is -2.03. The number of hydrogen-bond acceptors (Lipinski definition) is 4. The number of aromatic nitrogens is 2. The highest BCUT2D eigenvalue weighted by Gasteiger charge is 2.09. The van der Waals surface area contributed by atoms with Crippen LogP contribution in [-0.2, 0) is 11.2 Å². The molecule has 0 radical (unpaired) electrons. The number of anilines is 1. The third-order valence-corrected chi connectivity index (χ3v) is 3.67. The van der Waals surface area contributed by atoms with Gasteiger partial charge in [0.1, 0.15) is 5.82 Å². The second-order valence-corrected chi connectivity index (χ2v) is 5.83. The van der Waals surface area contributed by atoms with E-state index in [1.54, 1.807) is 18.3 Å². The van der Waals surface area contributed by atoms with E-state index in [9.17, 15) is 4.79 Å². The van der Waals surface area contributed by atoms with Crippen LogP contribution >= 0.6 is 11.6 Å². The van der Waals surface area contributed by atoms with E-state index in [4.69, 9.17) is 16.0 Å². The van der Waals surface area contributed by atoms with Gasteiger partial charge in [-0.05, 0) is 19.1 Å². The van der Waals surface area contributed by atoms with Gasteiger partial charge < -0.3 is 9.73 Å². The molecule has 0 atom stereocenters. The fourth-order valence-corrected chi connectivity index (χ4v) is 2.26. The first-order valence-electron chi connectivity index (χ1n) is 7.53. The van der Waals surface area contributed by atoms with E-state index in [0.717, 1.165) is 5.56 Å². The van der Waals surface area contributed by atoms with Gasteiger partial charge in [-0.1, -0.05) is 41.4 Å². The van der Waals surface area contributed by atoms with Gasteiger partial charge in [0.15, 0.2) is 11.7 Å². The molecule has 122 valence electrons. The molecule has 3 aromatic rings. The number of oxazole rings is 1. The smallest absolute Gasteiger partial charge is 0.226 e. The Labute approximate surface area is 144 Å². The lowest BCUT2D eigenvalue weighted by atomic mass is 10.1. The summed E-state index contributed by atoms with van der Waals surface area (Å²) in [4.78, 5) is 20.2. The molecule has 0 fully saturated rings. The number of halogens is 1. The number of carbonyl (C=O) groups is 1. The lowest BCUT2D eigenvalue weighted by molar-refractivity contribution is -0.116. The number of carbonyl (C=O) groups excluding carboxylic acids is 1. The predicted octanol–water partition coefficient (Wildman–Crippen LogP) is 4.27. The van der Waals surface area contributed by atoms with Crippen molar-refractivity contribution in [2.45, 2.75) is 19.8 Å². The number of pyridine rings is 1. The normalized spacial score (nSPS) is 10.6. The minimum absolute atomic E-state index is 0.153. The first kappa shape index (κ1) is 16.2. The van der Waals surface area contributed by atoms with Gasteiger partial charge in [-0.25, -0.2) is 9.97 Å². The van der Waals surface area contributed by atoms with Crippen LogP contribution in [-0.4, -0.2) is 15.9 Å². The van der Waals surface area contributed by atoms with Crippen molar-refractivity contribution < 1.29 is 9.21 Å². The van der Waals surface area contributed by atoms with Crippen LogP contribution < -0.4 is 5.32 Å². The number of hydrogen-bond donors (Lipinski definition) is 1. The molecule has 0 aliphatic heterocycles. The van der Waals surface area contributed by atoms with Crippen LogP contribution in [0.2, 0.25) is 5.02 Å². The topological polar surface area (TPSA) is 68.0 Å². The summed E-state index contributed by atoms with van der Waals surface area (Å²) < 4.78 is 5.70. The Balaban J connectivity index is 1.56. The van der Waals surface area contributed by atoms with Crippen LogP contribution in [0.1, 0.15) is 17.9 Å². The van der Waals surface area contributed by atoms with Crippen molar-refractivity contribution in [1.29, 1.82) is 0 Å². The summed E-state index contributed by atoms with van der Waals surface area (Å²) in [6, 6.07) is 11.3. The third kappa shape index (κ3) is 4.20. The first-order valence-corrected chi connectivity index (χ1v) is 7.91. The van der Waals surface area contributed by atoms with Gasteiger partial charge in [0.25, 0.3) is 0 Å². The average Bonchev–Trinajstić information content (AvgIpc) is 3.05. The Morgan fingerprint density at radius 3 is 2.62 bits per heavy atom. The maximum atomic E-state index is 11.9. The van der Waals surface area contributed by atoms with Gasteiger partial charge in [0.05, 0.1) is 11.2 Å². The molecule has 0 saturated heterocycles. The van der Waals surface area contributed by atoms with Crippen molar-refractivity contribution in [1.82, 2.24) is 9.97 Å². The third-order valence-electron chi connectivity index (χ3n) is 3.45. The number of rotatable bonds is 5. The molecule has 3 rings (SSSR count). The van der Waals surface area contributed by atoms with Crippen LogP contribution in [0, 0.1) is 6.92 Å². The van der Waals surface area contributed by atoms with E-state index in [-0.39, 0.29) is 12.3 Å². The van der Waals surface area contributed by atoms with E-state index in [1.165, 1.54) is 11.8 Å². The highest BCUT2D eigenvalue weighted by Crippen LogP contribution is 2.21. The monoisotopic (exact) mass is 341 g/mol. The molecule has 1 amide bonds. The first-order chi connectivity index (χ1) is 11.6. The molecule has 5 nitrogen and oxygen atoms in total. The van der Waals surface area contributed by atoms with Crippen LogP contribution in [0.25, 0.3) is 11.3 Å². The maximum Gasteiger partial charge on any atom is 0.226 e. The number of amides is 1. The molecule has 0 saturated carbocycles. The van der Waals surface area contributed by atoms with Gasteiger partial charge in [-0.15, -0.1) is 0 Å². The molecule has 24 heavy (non-hydrogen) atoms. The number of nitrogens with one attached hydrogen (secondary N) is 1. The molecular weight excluding hydrogens is 326 g/mol. The molecule has 1 aromatic carbocycles. The molecule has 2 heterocycles. The second-order valence-electron chi connectivity index (χ2n) is 5.39. The van der Waals surface area contributed by atoms with Crippen molar-refractivity contribution in [3.63, 3.8) is 0 Å². The summed E-state index contributed by atoms with van der Waals surface area (Å²) in [5.74, 6) is 1.55. The summed E-state index contributed by atoms with van der Waals surface area (Å²) in [6.07, 6.45) is 3.85. The molecule has 0 aliphatic carbocycles. The number of nitrogens with zero attached hydrogens (tertiary/aromatic N) is 2. The minimum Gasteiger partial charge on any atom is -0.441 e. The summed E-state index contributed by atoms with van der Waals surface area (Å²) in [5.41, 5.74) is 2.15. The summed E-state index contributed by atoms with van der Waals surface area (Å²) >= 11 is 5.75. The molecule has 0 aliphatic rings. The second kappa shape index (κ2) is 7.27. The van der Waals surface area contributed by atoms with Crippen LogP contribution in [0.5, 0.6) is 0 Å². The Kier molecular flexibility index (Phi) is 4.91. The zero-order valence-electron chi connectivity index (χ0n) is 13.1. The summed E-state index contributed by atoms with van der Waals surface area (Å²) in [7, 11) is 0. The largest absolute Gasteiger partial charge is 0.441 e. The van der Waals surface area contributed by atoms with E-state index >= 15 is 0 Å². The van der Waals surface area contributed by atoms with Crippen LogP contribution in [0.15, 0.2) is 53.2 Å². The molecule has 0 spiro atoms. The summed E-state index contributed by atoms with van der Waals surface area (Å²) in [5, 5.41) is 3.23. The Bertz CT molecular complexity index is 826. The summed E-state index contributed by atoms with van der Waals surface area (Å²) in [6.45, 7) is 2.03. The van der Waals surface area contributed by atoms with Gasteiger partial charge in [0.2, 0.25) is 5.91 Å². The SMILES string of the molecule is Cc1ccc(-c2cnc(CCC(=O)Nc3ccc(Cl)cn3)o2)cc1. The van der Waals surface area contributed by atoms with Crippen LogP contribution in [0.3, 0.4) is 0 Å². The van der Waals surface area contributed by atoms with E-state index in [0.29, 0.717) is 28.9 Å². The molecule has 6 heteroatoms. The highest BCUT2D eigenvalue weighted by atomic mass is 35.5. The standard InChI is InChI=1S/C18H16ClN3O2/c1-12-2-4-13(5-3-12)15-11-21-18(24-15)9-8-17(23)22-16-7-6-14(19)10-20-16/h2-7,10-11H,8-9H2,1H3,(H,20,22,23). The molecule has 0 unspecified atom stereocenters. The Hall–Kier alpha value is -2.66. The van der Waals surface area contributed by atoms with Crippen molar-refractivity contribution >= 4 is 23.3 Å². The van der Waals surface area contributed by atoms with Crippen molar-refractivity contribution in [3.05, 3.63) is 65.3 Å². The Morgan fingerprint density at radius 1 is 1.12 bits per heavy atom. The maximum absolute atomic E-state index is 11.9. The van der Waals surface area contributed by atoms with Crippen molar-refractivity contribution in [2.75, 3.05) is 5.32 Å². The minimum atomic E-state index is -0.153.